The Kier molecular flexibility index (Phi) is 5.68. The number of oxazole rings is 1. The normalized spacial score (nSPS) is 19.4. The Morgan fingerprint density at radius 1 is 1.25 bits per heavy atom. The maximum absolute atomic E-state index is 12.1. The molecule has 0 bridgehead atoms. The summed E-state index contributed by atoms with van der Waals surface area (Å²) in [5.41, 5.74) is 2.51. The third-order valence-electron chi connectivity index (χ3n) is 4.30. The van der Waals surface area contributed by atoms with Gasteiger partial charge in [0.15, 0.2) is 11.9 Å². The van der Waals surface area contributed by atoms with E-state index < -0.39 is 0 Å². The van der Waals surface area contributed by atoms with Crippen molar-refractivity contribution in [3.63, 3.8) is 0 Å². The minimum atomic E-state index is -0.339. The average molecular weight is 398 g/mol. The van der Waals surface area contributed by atoms with Crippen molar-refractivity contribution < 1.29 is 13.9 Å². The maximum atomic E-state index is 12.1. The lowest BCUT2D eigenvalue weighted by Crippen LogP contribution is -2.60. The number of fused-ring (bicyclic) bond motifs is 1. The van der Waals surface area contributed by atoms with Crippen LogP contribution < -0.4 is 20.7 Å². The summed E-state index contributed by atoms with van der Waals surface area (Å²) in [5, 5.41) is 10.2. The molecule has 1 saturated heterocycles. The number of hydrogen-bond donors (Lipinski definition) is 3. The van der Waals surface area contributed by atoms with Crippen LogP contribution in [0.1, 0.15) is 13.3 Å². The van der Waals surface area contributed by atoms with E-state index in [9.17, 15) is 4.79 Å². The van der Waals surface area contributed by atoms with Crippen LogP contribution in [0.4, 0.5) is 5.69 Å². The number of amides is 1. The minimum Gasteiger partial charge on any atom is -0.494 e. The molecule has 0 radical (unpaired) electrons. The third-order valence-corrected chi connectivity index (χ3v) is 5.29. The number of hydrogen-bond acceptors (Lipinski definition) is 7. The van der Waals surface area contributed by atoms with Crippen molar-refractivity contribution in [2.45, 2.75) is 30.9 Å². The monoisotopic (exact) mass is 398 g/mol. The lowest BCUT2D eigenvalue weighted by molar-refractivity contribution is -0.123. The summed E-state index contributed by atoms with van der Waals surface area (Å²) in [5.74, 6) is 1.51. The molecule has 0 saturated carbocycles. The predicted octanol–water partition coefficient (Wildman–Crippen LogP) is 3.19. The highest BCUT2D eigenvalue weighted by molar-refractivity contribution is 7.99. The lowest BCUT2D eigenvalue weighted by atomic mass is 10.2. The molecule has 4 rings (SSSR count). The molecule has 1 aliphatic rings. The van der Waals surface area contributed by atoms with Gasteiger partial charge in [0.25, 0.3) is 5.22 Å². The fourth-order valence-electron chi connectivity index (χ4n) is 3.03. The number of anilines is 1. The van der Waals surface area contributed by atoms with Gasteiger partial charge in [0.1, 0.15) is 11.3 Å². The number of para-hydroxylation sites is 2. The van der Waals surface area contributed by atoms with E-state index in [1.54, 1.807) is 0 Å². The number of thioether (sulfide) groups is 1. The number of carbonyl (C=O) groups excluding carboxylic acids is 1. The molecule has 28 heavy (non-hydrogen) atoms. The zero-order valence-corrected chi connectivity index (χ0v) is 16.3. The van der Waals surface area contributed by atoms with Crippen LogP contribution >= 0.6 is 11.8 Å². The third kappa shape index (κ3) is 4.58. The maximum Gasteiger partial charge on any atom is 0.256 e. The fourth-order valence-corrected chi connectivity index (χ4v) is 3.90. The van der Waals surface area contributed by atoms with Gasteiger partial charge in [0.05, 0.1) is 6.61 Å². The van der Waals surface area contributed by atoms with Crippen LogP contribution in [0.2, 0.25) is 0 Å². The quantitative estimate of drug-likeness (QED) is 0.527. The number of rotatable bonds is 7. The summed E-state index contributed by atoms with van der Waals surface area (Å²) in [4.78, 5) is 16.6. The molecule has 1 aromatic heterocycles. The van der Waals surface area contributed by atoms with E-state index in [2.05, 4.69) is 20.9 Å². The van der Waals surface area contributed by atoms with Crippen molar-refractivity contribution in [3.05, 3.63) is 48.5 Å². The first kappa shape index (κ1) is 18.6. The fraction of sp³-hybridized carbons (Fsp3) is 0.300. The van der Waals surface area contributed by atoms with Crippen LogP contribution in [0.5, 0.6) is 5.75 Å². The lowest BCUT2D eigenvalue weighted by Gasteiger charge is -2.32. The topological polar surface area (TPSA) is 88.4 Å². The predicted molar refractivity (Wildman–Crippen MR) is 109 cm³/mol. The Hall–Kier alpha value is -2.71. The first-order valence-electron chi connectivity index (χ1n) is 9.23. The molecular formula is C20H22N4O3S. The zero-order chi connectivity index (χ0) is 19.3. The number of carbonyl (C=O) groups is 1. The highest BCUT2D eigenvalue weighted by Crippen LogP contribution is 2.24. The van der Waals surface area contributed by atoms with Crippen molar-refractivity contribution in [2.24, 2.45) is 0 Å². The second kappa shape index (κ2) is 8.53. The average Bonchev–Trinajstić information content (AvgIpc) is 3.11. The van der Waals surface area contributed by atoms with Crippen LogP contribution in [-0.2, 0) is 4.79 Å². The summed E-state index contributed by atoms with van der Waals surface area (Å²) >= 11 is 1.51. The molecule has 2 heterocycles. The summed E-state index contributed by atoms with van der Waals surface area (Å²) in [7, 11) is 0. The minimum absolute atomic E-state index is 0.00496. The second-order valence-electron chi connectivity index (χ2n) is 6.43. The van der Waals surface area contributed by atoms with Crippen molar-refractivity contribution in [2.75, 3.05) is 17.7 Å². The SMILES string of the molecule is CCOc1ccc(NC2NC(=O)CC(CSc3nc4ccccc4o3)N2)cc1. The van der Waals surface area contributed by atoms with E-state index in [-0.39, 0.29) is 18.2 Å². The molecule has 1 amide bonds. The molecule has 2 atom stereocenters. The molecule has 0 aliphatic carbocycles. The zero-order valence-electron chi connectivity index (χ0n) is 15.5. The molecule has 2 unspecified atom stereocenters. The van der Waals surface area contributed by atoms with Gasteiger partial charge in [-0.2, -0.15) is 0 Å². The second-order valence-corrected chi connectivity index (χ2v) is 7.40. The summed E-state index contributed by atoms with van der Waals surface area (Å²) < 4.78 is 11.2. The Morgan fingerprint density at radius 2 is 2.07 bits per heavy atom. The Balaban J connectivity index is 1.34. The van der Waals surface area contributed by atoms with Crippen molar-refractivity contribution in [1.82, 2.24) is 15.6 Å². The number of aromatic nitrogens is 1. The van der Waals surface area contributed by atoms with Crippen LogP contribution in [0.25, 0.3) is 11.1 Å². The van der Waals surface area contributed by atoms with Gasteiger partial charge in [0, 0.05) is 23.9 Å². The van der Waals surface area contributed by atoms with E-state index in [0.29, 0.717) is 24.0 Å². The first-order chi connectivity index (χ1) is 13.7. The van der Waals surface area contributed by atoms with Gasteiger partial charge in [-0.15, -0.1) is 0 Å². The summed E-state index contributed by atoms with van der Waals surface area (Å²) in [6.45, 7) is 2.58. The van der Waals surface area contributed by atoms with Gasteiger partial charge in [-0.3, -0.25) is 10.1 Å². The molecule has 8 heteroatoms. The highest BCUT2D eigenvalue weighted by Gasteiger charge is 2.26. The van der Waals surface area contributed by atoms with Gasteiger partial charge < -0.3 is 19.8 Å². The molecule has 1 fully saturated rings. The number of nitrogens with one attached hydrogen (secondary N) is 3. The number of benzene rings is 2. The van der Waals surface area contributed by atoms with Crippen LogP contribution in [-0.4, -0.2) is 35.6 Å². The van der Waals surface area contributed by atoms with Gasteiger partial charge in [0.2, 0.25) is 5.91 Å². The first-order valence-corrected chi connectivity index (χ1v) is 10.2. The summed E-state index contributed by atoms with van der Waals surface area (Å²) in [6, 6.07) is 15.3. The van der Waals surface area contributed by atoms with Gasteiger partial charge in [-0.1, -0.05) is 23.9 Å². The molecule has 2 aromatic carbocycles. The molecular weight excluding hydrogens is 376 g/mol. The van der Waals surface area contributed by atoms with E-state index in [1.165, 1.54) is 11.8 Å². The smallest absolute Gasteiger partial charge is 0.256 e. The van der Waals surface area contributed by atoms with Crippen LogP contribution in [0.3, 0.4) is 0 Å². The Morgan fingerprint density at radius 3 is 2.86 bits per heavy atom. The molecule has 146 valence electrons. The Labute approximate surface area is 167 Å². The number of ether oxygens (including phenoxy) is 1. The standard InChI is InChI=1S/C20H22N4O3S/c1-2-26-15-9-7-13(8-10-15)21-19-22-14(11-18(25)24-19)12-28-20-23-16-5-3-4-6-17(16)27-20/h3-10,14,19,21-22H,2,11-12H2,1H3,(H,24,25). The van der Waals surface area contributed by atoms with E-state index in [0.717, 1.165) is 22.5 Å². The molecule has 1 aliphatic heterocycles. The van der Waals surface area contributed by atoms with E-state index in [1.807, 2.05) is 55.5 Å². The highest BCUT2D eigenvalue weighted by atomic mass is 32.2. The number of nitrogens with zero attached hydrogens (tertiary/aromatic N) is 1. The molecule has 3 N–H and O–H groups in total. The van der Waals surface area contributed by atoms with Gasteiger partial charge >= 0.3 is 0 Å². The van der Waals surface area contributed by atoms with Crippen LogP contribution in [0, 0.1) is 0 Å². The van der Waals surface area contributed by atoms with Gasteiger partial charge in [-0.25, -0.2) is 4.98 Å². The largest absolute Gasteiger partial charge is 0.494 e. The summed E-state index contributed by atoms with van der Waals surface area (Å²) in [6.07, 6.45) is 0.0720. The molecule has 7 nitrogen and oxygen atoms in total. The van der Waals surface area contributed by atoms with Crippen molar-refractivity contribution in [1.29, 1.82) is 0 Å². The van der Waals surface area contributed by atoms with Crippen molar-refractivity contribution in [3.8, 4) is 5.75 Å². The molecule has 0 spiro atoms. The molecule has 3 aromatic rings. The van der Waals surface area contributed by atoms with Crippen molar-refractivity contribution >= 4 is 34.5 Å². The van der Waals surface area contributed by atoms with Crippen LogP contribution in [0.15, 0.2) is 58.2 Å². The Bertz CT molecular complexity index is 911. The van der Waals surface area contributed by atoms with E-state index >= 15 is 0 Å². The van der Waals surface area contributed by atoms with Gasteiger partial charge in [-0.05, 0) is 43.3 Å². The van der Waals surface area contributed by atoms with E-state index in [4.69, 9.17) is 9.15 Å².